The van der Waals surface area contributed by atoms with E-state index in [0.29, 0.717) is 0 Å². The van der Waals surface area contributed by atoms with Crippen LogP contribution in [0, 0.1) is 19.8 Å². The second-order valence-electron chi connectivity index (χ2n) is 5.91. The molecule has 1 unspecified atom stereocenters. The Morgan fingerprint density at radius 3 is 2.45 bits per heavy atom. The van der Waals surface area contributed by atoms with Crippen molar-refractivity contribution in [1.29, 1.82) is 0 Å². The molecule has 0 saturated heterocycles. The number of carbonyl (C=O) groups is 1. The normalized spacial score (nSPS) is 18.0. The largest absolute Gasteiger partial charge is 0.465 e. The van der Waals surface area contributed by atoms with Gasteiger partial charge in [0.05, 0.1) is 7.11 Å². The van der Waals surface area contributed by atoms with Gasteiger partial charge < -0.3 is 14.9 Å². The van der Waals surface area contributed by atoms with E-state index in [4.69, 9.17) is 10.2 Å². The molecule has 8 heteroatoms. The van der Waals surface area contributed by atoms with Gasteiger partial charge in [0, 0.05) is 12.1 Å². The summed E-state index contributed by atoms with van der Waals surface area (Å²) >= 11 is 0. The highest BCUT2D eigenvalue weighted by molar-refractivity contribution is 7.89. The molecule has 7 nitrogen and oxygen atoms in total. The maximum atomic E-state index is 12.8. The zero-order valence-electron chi connectivity index (χ0n) is 13.2. The van der Waals surface area contributed by atoms with Gasteiger partial charge in [0.25, 0.3) is 0 Å². The molecule has 0 aliphatic heterocycles. The lowest BCUT2D eigenvalue weighted by atomic mass is 9.98. The summed E-state index contributed by atoms with van der Waals surface area (Å²) in [6.45, 7) is 4.99. The number of hydrogen-bond donors (Lipinski definition) is 2. The molecule has 1 atom stereocenters. The van der Waals surface area contributed by atoms with Crippen molar-refractivity contribution in [2.75, 3.05) is 13.7 Å². The number of aryl methyl sites for hydroxylation is 2. The highest BCUT2D eigenvalue weighted by atomic mass is 32.2. The average Bonchev–Trinajstić information content (AvgIpc) is 3.23. The van der Waals surface area contributed by atoms with Crippen molar-refractivity contribution < 1.29 is 22.4 Å². The Labute approximate surface area is 130 Å². The second kappa shape index (κ2) is 5.68. The molecule has 0 amide bonds. The van der Waals surface area contributed by atoms with Gasteiger partial charge in [-0.15, -0.1) is 0 Å². The summed E-state index contributed by atoms with van der Waals surface area (Å²) in [6.07, 6.45) is 1.87. The Morgan fingerprint density at radius 2 is 2.00 bits per heavy atom. The molecule has 1 aliphatic carbocycles. The van der Waals surface area contributed by atoms with Gasteiger partial charge in [0.1, 0.15) is 22.0 Å². The van der Waals surface area contributed by atoms with Gasteiger partial charge in [-0.3, -0.25) is 0 Å². The summed E-state index contributed by atoms with van der Waals surface area (Å²) < 4.78 is 38.2. The summed E-state index contributed by atoms with van der Waals surface area (Å²) in [5, 5.41) is 0. The number of carbonyl (C=O) groups excluding carboxylic acids is 1. The van der Waals surface area contributed by atoms with E-state index in [1.807, 2.05) is 0 Å². The zero-order valence-corrected chi connectivity index (χ0v) is 14.0. The third-order valence-corrected chi connectivity index (χ3v) is 5.90. The zero-order chi connectivity index (χ0) is 16.7. The van der Waals surface area contributed by atoms with E-state index in [-0.39, 0.29) is 34.4 Å². The molecule has 0 aromatic carbocycles. The Morgan fingerprint density at radius 1 is 1.41 bits per heavy atom. The minimum atomic E-state index is -3.96. The monoisotopic (exact) mass is 330 g/mol. The number of esters is 1. The van der Waals surface area contributed by atoms with E-state index in [1.54, 1.807) is 6.92 Å². The molecular weight excluding hydrogens is 308 g/mol. The Hall–Kier alpha value is -1.38. The number of rotatable bonds is 6. The minimum absolute atomic E-state index is 0.0670. The second-order valence-corrected chi connectivity index (χ2v) is 7.53. The van der Waals surface area contributed by atoms with Crippen LogP contribution in [0.2, 0.25) is 0 Å². The Balaban J connectivity index is 2.48. The fourth-order valence-electron chi connectivity index (χ4n) is 2.70. The van der Waals surface area contributed by atoms with E-state index in [2.05, 4.69) is 9.46 Å². The lowest BCUT2D eigenvalue weighted by Gasteiger charge is -2.29. The topological polar surface area (TPSA) is 112 Å². The van der Waals surface area contributed by atoms with E-state index in [0.717, 1.165) is 12.8 Å². The molecule has 1 heterocycles. The number of methoxy groups -OCH3 is 1. The molecule has 1 fully saturated rings. The number of sulfonamides is 1. The first-order valence-electron chi connectivity index (χ1n) is 7.08. The molecule has 2 rings (SSSR count). The fraction of sp³-hybridized carbons (Fsp3) is 0.643. The smallest absolute Gasteiger partial charge is 0.342 e. The third kappa shape index (κ3) is 2.90. The molecule has 1 aromatic heterocycles. The van der Waals surface area contributed by atoms with Gasteiger partial charge in [-0.05, 0) is 39.5 Å². The number of nitrogens with two attached hydrogens (primary N) is 1. The van der Waals surface area contributed by atoms with Gasteiger partial charge in [-0.25, -0.2) is 17.9 Å². The molecule has 1 saturated carbocycles. The summed E-state index contributed by atoms with van der Waals surface area (Å²) in [5.41, 5.74) is 4.96. The van der Waals surface area contributed by atoms with Crippen LogP contribution in [-0.4, -0.2) is 33.6 Å². The van der Waals surface area contributed by atoms with Gasteiger partial charge >= 0.3 is 5.97 Å². The Bertz CT molecular complexity index is 690. The predicted molar refractivity (Wildman–Crippen MR) is 80.0 cm³/mol. The first kappa shape index (κ1) is 17.0. The number of hydrogen-bond acceptors (Lipinski definition) is 6. The molecular formula is C14H22N2O5S. The molecule has 0 bridgehead atoms. The van der Waals surface area contributed by atoms with E-state index >= 15 is 0 Å². The first-order valence-corrected chi connectivity index (χ1v) is 8.57. The molecule has 0 spiro atoms. The van der Waals surface area contributed by atoms with Gasteiger partial charge in [0.15, 0.2) is 0 Å². The van der Waals surface area contributed by atoms with Crippen molar-refractivity contribution in [3.8, 4) is 0 Å². The maximum absolute atomic E-state index is 12.8. The predicted octanol–water partition coefficient (Wildman–Crippen LogP) is 1.09. The van der Waals surface area contributed by atoms with Crippen LogP contribution in [0.15, 0.2) is 9.31 Å². The third-order valence-electron chi connectivity index (χ3n) is 4.13. The molecule has 124 valence electrons. The van der Waals surface area contributed by atoms with Crippen LogP contribution in [0.25, 0.3) is 0 Å². The fourth-order valence-corrected chi connectivity index (χ4v) is 4.58. The van der Waals surface area contributed by atoms with Crippen LogP contribution in [0.5, 0.6) is 0 Å². The Kier molecular flexibility index (Phi) is 4.38. The minimum Gasteiger partial charge on any atom is -0.465 e. The van der Waals surface area contributed by atoms with E-state index < -0.39 is 21.5 Å². The van der Waals surface area contributed by atoms with Crippen molar-refractivity contribution in [3.63, 3.8) is 0 Å². The van der Waals surface area contributed by atoms with Gasteiger partial charge in [0.2, 0.25) is 10.0 Å². The van der Waals surface area contributed by atoms with Crippen molar-refractivity contribution in [1.82, 2.24) is 4.72 Å². The first-order chi connectivity index (χ1) is 10.2. The summed E-state index contributed by atoms with van der Waals surface area (Å²) in [5.74, 6) is -0.163. The van der Waals surface area contributed by atoms with Crippen LogP contribution in [0.1, 0.15) is 41.6 Å². The molecule has 22 heavy (non-hydrogen) atoms. The number of ether oxygens (including phenoxy) is 1. The molecule has 1 aliphatic rings. The van der Waals surface area contributed by atoms with Gasteiger partial charge in [-0.2, -0.15) is 0 Å². The van der Waals surface area contributed by atoms with Crippen molar-refractivity contribution in [2.45, 2.75) is 44.0 Å². The van der Waals surface area contributed by atoms with Crippen molar-refractivity contribution in [2.24, 2.45) is 11.7 Å². The highest BCUT2D eigenvalue weighted by Gasteiger charge is 2.45. The van der Waals surface area contributed by atoms with E-state index in [1.165, 1.54) is 21.0 Å². The standard InChI is InChI=1S/C14H22N2O5S/c1-8-11(13(17)20-4)12(9(2)21-8)22(18,19)16-14(3,7-15)10-5-6-10/h10,16H,5-7,15H2,1-4H3. The van der Waals surface area contributed by atoms with Crippen molar-refractivity contribution >= 4 is 16.0 Å². The maximum Gasteiger partial charge on any atom is 0.342 e. The molecule has 0 radical (unpaired) electrons. The highest BCUT2D eigenvalue weighted by Crippen LogP contribution is 2.40. The average molecular weight is 330 g/mol. The van der Waals surface area contributed by atoms with Crippen molar-refractivity contribution in [3.05, 3.63) is 17.1 Å². The van der Waals surface area contributed by atoms with Crippen LogP contribution < -0.4 is 10.5 Å². The van der Waals surface area contributed by atoms with Crippen LogP contribution in [-0.2, 0) is 14.8 Å². The summed E-state index contributed by atoms with van der Waals surface area (Å²) in [7, 11) is -2.76. The molecule has 3 N–H and O–H groups in total. The summed E-state index contributed by atoms with van der Waals surface area (Å²) in [4.78, 5) is 11.7. The van der Waals surface area contributed by atoms with Gasteiger partial charge in [-0.1, -0.05) is 0 Å². The van der Waals surface area contributed by atoms with Crippen LogP contribution >= 0.6 is 0 Å². The number of nitrogens with one attached hydrogen (secondary N) is 1. The number of furan rings is 1. The van der Waals surface area contributed by atoms with Crippen LogP contribution in [0.4, 0.5) is 0 Å². The summed E-state index contributed by atoms with van der Waals surface area (Å²) in [6, 6.07) is 0. The molecule has 1 aromatic rings. The SMILES string of the molecule is COC(=O)c1c(C)oc(C)c1S(=O)(=O)NC(C)(CN)C1CC1. The van der Waals surface area contributed by atoms with E-state index in [9.17, 15) is 13.2 Å². The quantitative estimate of drug-likeness (QED) is 0.755. The van der Waals surface area contributed by atoms with Crippen LogP contribution in [0.3, 0.4) is 0 Å². The lowest BCUT2D eigenvalue weighted by Crippen LogP contribution is -2.53. The lowest BCUT2D eigenvalue weighted by molar-refractivity contribution is 0.0594.